The summed E-state index contributed by atoms with van der Waals surface area (Å²) in [5.74, 6) is -0.282. The zero-order valence-electron chi connectivity index (χ0n) is 16.4. The molecular formula is C23H24ClNO3. The van der Waals surface area contributed by atoms with Crippen molar-refractivity contribution in [3.8, 4) is 0 Å². The maximum Gasteiger partial charge on any atom is 0.339 e. The molecular weight excluding hydrogens is 374 g/mol. The van der Waals surface area contributed by atoms with Gasteiger partial charge in [0.2, 0.25) is 0 Å². The number of amides is 1. The maximum absolute atomic E-state index is 12.9. The SMILES string of the molecule is CC(C)(C)c1ccc(C(=O)N2CCC3(CC2)OC(=O)c2ccc(Cl)cc23)cc1. The minimum atomic E-state index is -0.663. The predicted octanol–water partition coefficient (Wildman–Crippen LogP) is 4.94. The van der Waals surface area contributed by atoms with Crippen molar-refractivity contribution in [2.24, 2.45) is 0 Å². The van der Waals surface area contributed by atoms with Gasteiger partial charge in [-0.15, -0.1) is 0 Å². The first-order valence-electron chi connectivity index (χ1n) is 9.63. The van der Waals surface area contributed by atoms with Crippen LogP contribution in [0.25, 0.3) is 0 Å². The van der Waals surface area contributed by atoms with E-state index < -0.39 is 5.60 Å². The molecule has 2 aliphatic rings. The van der Waals surface area contributed by atoms with Gasteiger partial charge < -0.3 is 9.64 Å². The molecule has 5 heteroatoms. The Bertz CT molecular complexity index is 935. The molecule has 2 aromatic rings. The number of rotatable bonds is 1. The molecule has 0 N–H and O–H groups in total. The molecule has 4 nitrogen and oxygen atoms in total. The van der Waals surface area contributed by atoms with Gasteiger partial charge in [-0.1, -0.05) is 44.5 Å². The number of fused-ring (bicyclic) bond motifs is 2. The fourth-order valence-electron chi connectivity index (χ4n) is 4.10. The second-order valence-electron chi connectivity index (χ2n) is 8.69. The summed E-state index contributed by atoms with van der Waals surface area (Å²) >= 11 is 6.15. The summed E-state index contributed by atoms with van der Waals surface area (Å²) in [5, 5.41) is 0.592. The van der Waals surface area contributed by atoms with Crippen molar-refractivity contribution in [2.45, 2.75) is 44.6 Å². The monoisotopic (exact) mass is 397 g/mol. The Hall–Kier alpha value is -2.33. The van der Waals surface area contributed by atoms with Crippen molar-refractivity contribution in [3.05, 3.63) is 69.7 Å². The maximum atomic E-state index is 12.9. The van der Waals surface area contributed by atoms with Gasteiger partial charge in [0.1, 0.15) is 5.60 Å². The van der Waals surface area contributed by atoms with E-state index in [1.165, 1.54) is 5.56 Å². The summed E-state index contributed by atoms with van der Waals surface area (Å²) < 4.78 is 5.77. The molecule has 146 valence electrons. The summed E-state index contributed by atoms with van der Waals surface area (Å²) in [6.07, 6.45) is 1.16. The molecule has 28 heavy (non-hydrogen) atoms. The lowest BCUT2D eigenvalue weighted by molar-refractivity contribution is -0.0389. The van der Waals surface area contributed by atoms with Crippen molar-refractivity contribution in [3.63, 3.8) is 0 Å². The zero-order chi connectivity index (χ0) is 20.1. The minimum absolute atomic E-state index is 0.0194. The number of carbonyl (C=O) groups excluding carboxylic acids is 2. The molecule has 0 aliphatic carbocycles. The third kappa shape index (κ3) is 3.20. The number of halogens is 1. The van der Waals surface area contributed by atoms with E-state index in [1.54, 1.807) is 12.1 Å². The van der Waals surface area contributed by atoms with E-state index >= 15 is 0 Å². The summed E-state index contributed by atoms with van der Waals surface area (Å²) in [6, 6.07) is 13.1. The van der Waals surface area contributed by atoms with Gasteiger partial charge in [0.25, 0.3) is 5.91 Å². The van der Waals surface area contributed by atoms with E-state index in [2.05, 4.69) is 20.8 Å². The van der Waals surface area contributed by atoms with Crippen molar-refractivity contribution in [2.75, 3.05) is 13.1 Å². The molecule has 1 fully saturated rings. The highest BCUT2D eigenvalue weighted by Gasteiger charge is 2.48. The van der Waals surface area contributed by atoms with Gasteiger partial charge in [0.15, 0.2) is 0 Å². The van der Waals surface area contributed by atoms with Crippen molar-refractivity contribution < 1.29 is 14.3 Å². The lowest BCUT2D eigenvalue weighted by Gasteiger charge is -2.38. The van der Waals surface area contributed by atoms with Crippen LogP contribution in [-0.4, -0.2) is 29.9 Å². The lowest BCUT2D eigenvalue weighted by atomic mass is 9.83. The standard InChI is InChI=1S/C23H24ClNO3/c1-22(2,3)16-6-4-15(5-7-16)20(26)25-12-10-23(11-13-25)19-14-17(24)8-9-18(19)21(27)28-23/h4-9,14H,10-13H2,1-3H3. The molecule has 4 rings (SSSR count). The second-order valence-corrected chi connectivity index (χ2v) is 9.13. The largest absolute Gasteiger partial charge is 0.450 e. The average Bonchev–Trinajstić information content (AvgIpc) is 2.92. The first-order chi connectivity index (χ1) is 13.2. The number of hydrogen-bond acceptors (Lipinski definition) is 3. The highest BCUT2D eigenvalue weighted by atomic mass is 35.5. The van der Waals surface area contributed by atoms with Crippen LogP contribution in [0.15, 0.2) is 42.5 Å². The van der Waals surface area contributed by atoms with E-state index in [4.69, 9.17) is 16.3 Å². The molecule has 0 bridgehead atoms. The number of ether oxygens (including phenoxy) is 1. The molecule has 2 heterocycles. The van der Waals surface area contributed by atoms with Gasteiger partial charge in [0, 0.05) is 42.1 Å². The van der Waals surface area contributed by atoms with Crippen LogP contribution in [0.4, 0.5) is 0 Å². The van der Waals surface area contributed by atoms with Gasteiger partial charge in [-0.25, -0.2) is 4.79 Å². The van der Waals surface area contributed by atoms with Crippen LogP contribution in [0.3, 0.4) is 0 Å². The molecule has 1 amide bonds. The Morgan fingerprint density at radius 2 is 1.71 bits per heavy atom. The number of carbonyl (C=O) groups is 2. The molecule has 0 unspecified atom stereocenters. The molecule has 2 aliphatic heterocycles. The topological polar surface area (TPSA) is 46.6 Å². The van der Waals surface area contributed by atoms with E-state index in [1.807, 2.05) is 35.2 Å². The van der Waals surface area contributed by atoms with E-state index in [-0.39, 0.29) is 17.3 Å². The molecule has 1 saturated heterocycles. The van der Waals surface area contributed by atoms with Crippen molar-refractivity contribution >= 4 is 23.5 Å². The Labute approximate surface area is 170 Å². The van der Waals surface area contributed by atoms with E-state index in [0.29, 0.717) is 42.1 Å². The minimum Gasteiger partial charge on any atom is -0.450 e. The van der Waals surface area contributed by atoms with Crippen LogP contribution in [0.1, 0.15) is 65.5 Å². The predicted molar refractivity (Wildman–Crippen MR) is 109 cm³/mol. The number of piperidine rings is 1. The van der Waals surface area contributed by atoms with Crippen LogP contribution in [-0.2, 0) is 15.8 Å². The Kier molecular flexibility index (Phi) is 4.50. The van der Waals surface area contributed by atoms with Crippen LogP contribution in [0.2, 0.25) is 5.02 Å². The Morgan fingerprint density at radius 1 is 1.07 bits per heavy atom. The van der Waals surface area contributed by atoms with Crippen LogP contribution in [0.5, 0.6) is 0 Å². The fraction of sp³-hybridized carbons (Fsp3) is 0.391. The first kappa shape index (κ1) is 19.0. The summed E-state index contributed by atoms with van der Waals surface area (Å²) in [5.41, 5.74) is 2.72. The average molecular weight is 398 g/mol. The summed E-state index contributed by atoms with van der Waals surface area (Å²) in [6.45, 7) is 7.54. The number of nitrogens with zero attached hydrogens (tertiary/aromatic N) is 1. The van der Waals surface area contributed by atoms with Gasteiger partial charge in [-0.3, -0.25) is 4.79 Å². The number of esters is 1. The van der Waals surface area contributed by atoms with Gasteiger partial charge >= 0.3 is 5.97 Å². The van der Waals surface area contributed by atoms with Crippen LogP contribution < -0.4 is 0 Å². The van der Waals surface area contributed by atoms with E-state index in [9.17, 15) is 9.59 Å². The van der Waals surface area contributed by atoms with Gasteiger partial charge in [0.05, 0.1) is 5.56 Å². The Morgan fingerprint density at radius 3 is 2.32 bits per heavy atom. The summed E-state index contributed by atoms with van der Waals surface area (Å²) in [7, 11) is 0. The third-order valence-electron chi connectivity index (χ3n) is 5.84. The second kappa shape index (κ2) is 6.63. The van der Waals surface area contributed by atoms with Crippen LogP contribution >= 0.6 is 11.6 Å². The normalized spacial score (nSPS) is 18.1. The highest BCUT2D eigenvalue weighted by Crippen LogP contribution is 2.45. The molecule has 1 spiro atoms. The lowest BCUT2D eigenvalue weighted by Crippen LogP contribution is -2.45. The molecule has 0 aromatic heterocycles. The Balaban J connectivity index is 1.50. The smallest absolute Gasteiger partial charge is 0.339 e. The van der Waals surface area contributed by atoms with Crippen molar-refractivity contribution in [1.29, 1.82) is 0 Å². The number of likely N-dealkylation sites (tertiary alicyclic amines) is 1. The third-order valence-corrected chi connectivity index (χ3v) is 6.07. The molecule has 0 radical (unpaired) electrons. The van der Waals surface area contributed by atoms with Crippen molar-refractivity contribution in [1.82, 2.24) is 4.90 Å². The fourth-order valence-corrected chi connectivity index (χ4v) is 4.27. The number of benzene rings is 2. The van der Waals surface area contributed by atoms with Crippen LogP contribution in [0, 0.1) is 0 Å². The quantitative estimate of drug-likeness (QED) is 0.640. The van der Waals surface area contributed by atoms with Gasteiger partial charge in [-0.05, 0) is 41.3 Å². The van der Waals surface area contributed by atoms with Gasteiger partial charge in [-0.2, -0.15) is 0 Å². The molecule has 2 aromatic carbocycles. The van der Waals surface area contributed by atoms with E-state index in [0.717, 1.165) is 5.56 Å². The molecule has 0 atom stereocenters. The zero-order valence-corrected chi connectivity index (χ0v) is 17.2. The summed E-state index contributed by atoms with van der Waals surface area (Å²) in [4.78, 5) is 27.0. The highest BCUT2D eigenvalue weighted by molar-refractivity contribution is 6.30. The number of hydrogen-bond donors (Lipinski definition) is 0. The first-order valence-corrected chi connectivity index (χ1v) is 10.0. The molecule has 0 saturated carbocycles.